The van der Waals surface area contributed by atoms with Crippen LogP contribution in [0.4, 0.5) is 19.0 Å². The Morgan fingerprint density at radius 1 is 1.03 bits per heavy atom. The Balaban J connectivity index is 1.19. The highest BCUT2D eigenvalue weighted by atomic mass is 19.4. The summed E-state index contributed by atoms with van der Waals surface area (Å²) in [5.41, 5.74) is -0.322. The third-order valence-electron chi connectivity index (χ3n) is 5.66. The molecular weight excluding hydrogens is 453 g/mol. The number of hydrogen-bond donors (Lipinski definition) is 1. The Labute approximate surface area is 192 Å². The first-order valence-electron chi connectivity index (χ1n) is 10.8. The predicted molar refractivity (Wildman–Crippen MR) is 117 cm³/mol. The molecule has 0 atom stereocenters. The van der Waals surface area contributed by atoms with Crippen molar-refractivity contribution in [1.29, 1.82) is 0 Å². The lowest BCUT2D eigenvalue weighted by atomic mass is 10.1. The summed E-state index contributed by atoms with van der Waals surface area (Å²) in [7, 11) is 0. The number of carbonyl (C=O) groups excluding carboxylic acids is 1. The van der Waals surface area contributed by atoms with Crippen LogP contribution >= 0.6 is 0 Å². The van der Waals surface area contributed by atoms with Crippen LogP contribution in [0.2, 0.25) is 0 Å². The highest BCUT2D eigenvalue weighted by molar-refractivity contribution is 5.83. The first-order valence-corrected chi connectivity index (χ1v) is 10.8. The lowest BCUT2D eigenvalue weighted by Gasteiger charge is -2.35. The number of anilines is 1. The van der Waals surface area contributed by atoms with Crippen LogP contribution in [0.25, 0.3) is 10.8 Å². The third-order valence-corrected chi connectivity index (χ3v) is 5.66. The molecule has 1 saturated heterocycles. The van der Waals surface area contributed by atoms with Crippen LogP contribution in [0, 0.1) is 0 Å². The molecule has 0 bridgehead atoms. The standard InChI is InChI=1S/C22H23F3N6O3/c23-22(24,25)18-13-27-19(14-26-18)30-6-8-31(9-7-30)20(32)5-11-34-10-4-15-2-1-3-16-17(15)12-28-29-21(16)33/h1-3,12-14H,4-11H2,(H,29,33). The number of carbonyl (C=O) groups is 1. The summed E-state index contributed by atoms with van der Waals surface area (Å²) in [4.78, 5) is 35.1. The first-order chi connectivity index (χ1) is 16.3. The van der Waals surface area contributed by atoms with Gasteiger partial charge in [0.1, 0.15) is 5.82 Å². The minimum absolute atomic E-state index is 0.0425. The van der Waals surface area contributed by atoms with E-state index in [1.807, 2.05) is 12.1 Å². The fourth-order valence-electron chi connectivity index (χ4n) is 3.81. The van der Waals surface area contributed by atoms with Crippen molar-refractivity contribution in [2.45, 2.75) is 19.0 Å². The summed E-state index contributed by atoms with van der Waals surface area (Å²) in [6.07, 6.45) is -0.261. The number of alkyl halides is 3. The van der Waals surface area contributed by atoms with Gasteiger partial charge in [-0.25, -0.2) is 15.1 Å². The zero-order chi connectivity index (χ0) is 24.1. The Morgan fingerprint density at radius 2 is 1.82 bits per heavy atom. The van der Waals surface area contributed by atoms with E-state index in [0.717, 1.165) is 23.3 Å². The first kappa shape index (κ1) is 23.6. The molecule has 3 heterocycles. The number of aromatic amines is 1. The highest BCUT2D eigenvalue weighted by Crippen LogP contribution is 2.27. The van der Waals surface area contributed by atoms with Crippen molar-refractivity contribution in [3.63, 3.8) is 0 Å². The molecule has 1 amide bonds. The molecule has 0 spiro atoms. The van der Waals surface area contributed by atoms with Crippen LogP contribution in [-0.4, -0.2) is 70.4 Å². The van der Waals surface area contributed by atoms with Gasteiger partial charge in [-0.2, -0.15) is 18.3 Å². The lowest BCUT2D eigenvalue weighted by molar-refractivity contribution is -0.141. The summed E-state index contributed by atoms with van der Waals surface area (Å²) in [5.74, 6) is 0.313. The molecule has 9 nitrogen and oxygen atoms in total. The molecule has 12 heteroatoms. The monoisotopic (exact) mass is 476 g/mol. The van der Waals surface area contributed by atoms with Crippen molar-refractivity contribution >= 4 is 22.5 Å². The summed E-state index contributed by atoms with van der Waals surface area (Å²) in [5, 5.41) is 7.61. The fraction of sp³-hybridized carbons (Fsp3) is 0.409. The molecule has 1 aliphatic rings. The third kappa shape index (κ3) is 5.50. The van der Waals surface area contributed by atoms with E-state index in [-0.39, 0.29) is 24.5 Å². The van der Waals surface area contributed by atoms with Gasteiger partial charge in [-0.15, -0.1) is 0 Å². The summed E-state index contributed by atoms with van der Waals surface area (Å²) >= 11 is 0. The van der Waals surface area contributed by atoms with Gasteiger partial charge in [0.25, 0.3) is 5.56 Å². The minimum Gasteiger partial charge on any atom is -0.381 e. The second-order valence-corrected chi connectivity index (χ2v) is 7.82. The Hall–Kier alpha value is -3.54. The SMILES string of the molecule is O=C(CCOCCc1cccc2c(=O)[nH]ncc12)N1CCN(c2cnc(C(F)(F)F)cn2)CC1. The average Bonchev–Trinajstić information content (AvgIpc) is 2.84. The summed E-state index contributed by atoms with van der Waals surface area (Å²) in [6.45, 7) is 2.48. The fourth-order valence-corrected chi connectivity index (χ4v) is 3.81. The number of aromatic nitrogens is 4. The topological polar surface area (TPSA) is 104 Å². The number of halogens is 3. The summed E-state index contributed by atoms with van der Waals surface area (Å²) < 4.78 is 43.5. The molecule has 180 valence electrons. The van der Waals surface area contributed by atoms with E-state index in [1.165, 1.54) is 0 Å². The number of nitrogens with one attached hydrogen (secondary N) is 1. The van der Waals surface area contributed by atoms with Gasteiger partial charge in [0.2, 0.25) is 5.91 Å². The predicted octanol–water partition coefficient (Wildman–Crippen LogP) is 2.03. The minimum atomic E-state index is -4.52. The molecule has 2 aromatic heterocycles. The summed E-state index contributed by atoms with van der Waals surface area (Å²) in [6, 6.07) is 5.47. The van der Waals surface area contributed by atoms with Crippen molar-refractivity contribution < 1.29 is 22.7 Å². The largest absolute Gasteiger partial charge is 0.434 e. The quantitative estimate of drug-likeness (QED) is 0.521. The van der Waals surface area contributed by atoms with Gasteiger partial charge in [-0.3, -0.25) is 9.59 Å². The van der Waals surface area contributed by atoms with E-state index in [9.17, 15) is 22.8 Å². The van der Waals surface area contributed by atoms with Gasteiger partial charge in [0, 0.05) is 31.6 Å². The lowest BCUT2D eigenvalue weighted by Crippen LogP contribution is -2.49. The van der Waals surface area contributed by atoms with Crippen LogP contribution < -0.4 is 10.5 Å². The Morgan fingerprint density at radius 3 is 2.53 bits per heavy atom. The van der Waals surface area contributed by atoms with Crippen molar-refractivity contribution in [3.8, 4) is 0 Å². The van der Waals surface area contributed by atoms with Gasteiger partial charge in [-0.1, -0.05) is 12.1 Å². The van der Waals surface area contributed by atoms with E-state index in [0.29, 0.717) is 50.4 Å². The molecule has 0 saturated carbocycles. The number of ether oxygens (including phenoxy) is 1. The molecule has 34 heavy (non-hydrogen) atoms. The zero-order valence-electron chi connectivity index (χ0n) is 18.2. The van der Waals surface area contributed by atoms with Gasteiger partial charge in [-0.05, 0) is 18.1 Å². The van der Waals surface area contributed by atoms with E-state index in [1.54, 1.807) is 22.1 Å². The van der Waals surface area contributed by atoms with Crippen molar-refractivity contribution in [2.75, 3.05) is 44.3 Å². The van der Waals surface area contributed by atoms with E-state index >= 15 is 0 Å². The molecule has 1 N–H and O–H groups in total. The van der Waals surface area contributed by atoms with E-state index in [4.69, 9.17) is 4.74 Å². The molecule has 1 fully saturated rings. The van der Waals surface area contributed by atoms with Crippen LogP contribution in [-0.2, 0) is 22.1 Å². The molecule has 0 unspecified atom stereocenters. The molecule has 1 aromatic carbocycles. The van der Waals surface area contributed by atoms with Crippen molar-refractivity contribution in [3.05, 3.63) is 58.4 Å². The second kappa shape index (κ2) is 10.2. The maximum absolute atomic E-state index is 12.6. The number of nitrogens with zero attached hydrogens (tertiary/aromatic N) is 5. The number of amides is 1. The maximum Gasteiger partial charge on any atom is 0.434 e. The smallest absolute Gasteiger partial charge is 0.381 e. The normalized spacial score (nSPS) is 14.6. The highest BCUT2D eigenvalue weighted by Gasteiger charge is 2.33. The average molecular weight is 476 g/mol. The Bertz CT molecular complexity index is 1190. The zero-order valence-corrected chi connectivity index (χ0v) is 18.2. The van der Waals surface area contributed by atoms with Crippen LogP contribution in [0.15, 0.2) is 41.6 Å². The molecule has 4 rings (SSSR count). The van der Waals surface area contributed by atoms with Gasteiger partial charge in [0.15, 0.2) is 5.69 Å². The van der Waals surface area contributed by atoms with Crippen LogP contribution in [0.5, 0.6) is 0 Å². The van der Waals surface area contributed by atoms with Crippen LogP contribution in [0.1, 0.15) is 17.7 Å². The number of hydrogen-bond acceptors (Lipinski definition) is 7. The van der Waals surface area contributed by atoms with Crippen LogP contribution in [0.3, 0.4) is 0 Å². The van der Waals surface area contributed by atoms with E-state index in [2.05, 4.69) is 20.2 Å². The molecule has 0 aliphatic carbocycles. The molecule has 0 radical (unpaired) electrons. The van der Waals surface area contributed by atoms with Gasteiger partial charge in [0.05, 0.1) is 43.6 Å². The van der Waals surface area contributed by atoms with Gasteiger partial charge < -0.3 is 14.5 Å². The number of rotatable bonds is 7. The molecular formula is C22H23F3N6O3. The number of fused-ring (bicyclic) bond motifs is 1. The van der Waals surface area contributed by atoms with Crippen molar-refractivity contribution in [2.24, 2.45) is 0 Å². The van der Waals surface area contributed by atoms with E-state index < -0.39 is 11.9 Å². The Kier molecular flexibility index (Phi) is 7.06. The number of benzene rings is 1. The van der Waals surface area contributed by atoms with Gasteiger partial charge >= 0.3 is 6.18 Å². The second-order valence-electron chi connectivity index (χ2n) is 7.82. The maximum atomic E-state index is 12.6. The number of piperazine rings is 1. The molecule has 3 aromatic rings. The molecule has 1 aliphatic heterocycles. The van der Waals surface area contributed by atoms with Crippen molar-refractivity contribution in [1.82, 2.24) is 25.1 Å². The number of H-pyrrole nitrogens is 1.